The smallest absolute Gasteiger partial charge is 0.307 e. The van der Waals surface area contributed by atoms with E-state index in [9.17, 15) is 18.3 Å². The van der Waals surface area contributed by atoms with E-state index in [1.807, 2.05) is 6.92 Å². The highest BCUT2D eigenvalue weighted by molar-refractivity contribution is 7.87. The number of carboxylic acids is 1. The molecule has 19 heavy (non-hydrogen) atoms. The summed E-state index contributed by atoms with van der Waals surface area (Å²) >= 11 is 0. The van der Waals surface area contributed by atoms with Gasteiger partial charge in [0.05, 0.1) is 12.0 Å². The minimum absolute atomic E-state index is 0.0149. The summed E-state index contributed by atoms with van der Waals surface area (Å²) in [6.45, 7) is 2.34. The first-order chi connectivity index (χ1) is 8.86. The summed E-state index contributed by atoms with van der Waals surface area (Å²) < 4.78 is 27.5. The van der Waals surface area contributed by atoms with Crippen LogP contribution in [-0.4, -0.2) is 54.6 Å². The molecule has 0 amide bonds. The fourth-order valence-corrected chi connectivity index (χ4v) is 3.32. The van der Waals surface area contributed by atoms with Gasteiger partial charge in [-0.25, -0.2) is 4.72 Å². The third-order valence-corrected chi connectivity index (χ3v) is 4.89. The normalized spacial score (nSPS) is 23.2. The van der Waals surface area contributed by atoms with Crippen LogP contribution in [-0.2, 0) is 15.0 Å². The second-order valence-corrected chi connectivity index (χ2v) is 6.54. The van der Waals surface area contributed by atoms with E-state index in [2.05, 4.69) is 4.72 Å². The third kappa shape index (κ3) is 5.06. The zero-order valence-corrected chi connectivity index (χ0v) is 11.9. The van der Waals surface area contributed by atoms with E-state index < -0.39 is 28.2 Å². The van der Waals surface area contributed by atoms with Crippen LogP contribution in [0.25, 0.3) is 0 Å². The quantitative estimate of drug-likeness (QED) is 0.601. The second-order valence-electron chi connectivity index (χ2n) is 4.79. The van der Waals surface area contributed by atoms with Crippen LogP contribution in [0.15, 0.2) is 0 Å². The lowest BCUT2D eigenvalue weighted by molar-refractivity contribution is -0.142. The number of aliphatic hydroxyl groups excluding tert-OH is 1. The first kappa shape index (κ1) is 16.4. The molecule has 2 atom stereocenters. The molecule has 1 heterocycles. The summed E-state index contributed by atoms with van der Waals surface area (Å²) in [5, 5.41) is 18.3. The molecule has 0 aromatic carbocycles. The molecule has 2 unspecified atom stereocenters. The van der Waals surface area contributed by atoms with E-state index in [-0.39, 0.29) is 13.1 Å². The standard InChI is InChI=1S/C11H22N2O5S/c1-2-10(14)5-6-12-19(17,18)13-7-3-4-9(8-13)11(15)16/h9-10,12,14H,2-8H2,1H3,(H,15,16). The van der Waals surface area contributed by atoms with Crippen LogP contribution in [0, 0.1) is 5.92 Å². The van der Waals surface area contributed by atoms with E-state index in [4.69, 9.17) is 5.11 Å². The van der Waals surface area contributed by atoms with E-state index >= 15 is 0 Å². The highest BCUT2D eigenvalue weighted by Gasteiger charge is 2.31. The van der Waals surface area contributed by atoms with Crippen molar-refractivity contribution in [2.45, 2.75) is 38.7 Å². The number of nitrogens with zero attached hydrogens (tertiary/aromatic N) is 1. The minimum atomic E-state index is -3.64. The van der Waals surface area contributed by atoms with Crippen LogP contribution in [0.4, 0.5) is 0 Å². The van der Waals surface area contributed by atoms with Crippen LogP contribution in [0.1, 0.15) is 32.6 Å². The molecule has 1 fully saturated rings. The maximum atomic E-state index is 12.0. The highest BCUT2D eigenvalue weighted by Crippen LogP contribution is 2.18. The van der Waals surface area contributed by atoms with Gasteiger partial charge in [0.15, 0.2) is 0 Å². The summed E-state index contributed by atoms with van der Waals surface area (Å²) in [5.74, 6) is -1.59. The van der Waals surface area contributed by atoms with E-state index in [1.54, 1.807) is 0 Å². The fraction of sp³-hybridized carbons (Fsp3) is 0.909. The van der Waals surface area contributed by atoms with E-state index in [1.165, 1.54) is 4.31 Å². The predicted molar refractivity (Wildman–Crippen MR) is 69.8 cm³/mol. The zero-order chi connectivity index (χ0) is 14.5. The van der Waals surface area contributed by atoms with Crippen molar-refractivity contribution < 1.29 is 23.4 Å². The minimum Gasteiger partial charge on any atom is -0.481 e. The average molecular weight is 294 g/mol. The zero-order valence-electron chi connectivity index (χ0n) is 11.1. The number of aliphatic carboxylic acids is 1. The SMILES string of the molecule is CCC(O)CCNS(=O)(=O)N1CCCC(C(=O)O)C1. The van der Waals surface area contributed by atoms with Crippen LogP contribution in [0.2, 0.25) is 0 Å². The lowest BCUT2D eigenvalue weighted by Gasteiger charge is -2.29. The molecule has 112 valence electrons. The molecule has 8 heteroatoms. The number of rotatable bonds is 7. The van der Waals surface area contributed by atoms with Gasteiger partial charge >= 0.3 is 5.97 Å². The van der Waals surface area contributed by atoms with Crippen molar-refractivity contribution in [3.05, 3.63) is 0 Å². The molecule has 0 aromatic rings. The monoisotopic (exact) mass is 294 g/mol. The van der Waals surface area contributed by atoms with Crippen LogP contribution in [0.5, 0.6) is 0 Å². The third-order valence-electron chi connectivity index (χ3n) is 3.31. The highest BCUT2D eigenvalue weighted by atomic mass is 32.2. The largest absolute Gasteiger partial charge is 0.481 e. The van der Waals surface area contributed by atoms with Gasteiger partial charge in [-0.1, -0.05) is 6.92 Å². The number of carboxylic acid groups (broad SMARTS) is 1. The van der Waals surface area contributed by atoms with Crippen molar-refractivity contribution in [1.29, 1.82) is 0 Å². The molecule has 0 saturated carbocycles. The fourth-order valence-electron chi connectivity index (χ4n) is 2.01. The Labute approximate surface area is 113 Å². The number of aliphatic hydroxyl groups is 1. The molecule has 3 N–H and O–H groups in total. The van der Waals surface area contributed by atoms with Crippen LogP contribution in [0.3, 0.4) is 0 Å². The average Bonchev–Trinajstić information content (AvgIpc) is 2.38. The van der Waals surface area contributed by atoms with Gasteiger partial charge in [-0.3, -0.25) is 4.79 Å². The molecule has 0 radical (unpaired) electrons. The Morgan fingerprint density at radius 2 is 2.21 bits per heavy atom. The molecule has 1 aliphatic heterocycles. The van der Waals surface area contributed by atoms with Crippen LogP contribution < -0.4 is 4.72 Å². The molecule has 0 aromatic heterocycles. The second kappa shape index (κ2) is 7.18. The van der Waals surface area contributed by atoms with Gasteiger partial charge in [0.25, 0.3) is 10.2 Å². The topological polar surface area (TPSA) is 107 Å². The lowest BCUT2D eigenvalue weighted by Crippen LogP contribution is -2.47. The number of piperidine rings is 1. The summed E-state index contributed by atoms with van der Waals surface area (Å²) in [5.41, 5.74) is 0. The van der Waals surface area contributed by atoms with Gasteiger partial charge in [0.1, 0.15) is 0 Å². The van der Waals surface area contributed by atoms with Gasteiger partial charge in [0.2, 0.25) is 0 Å². The summed E-state index contributed by atoms with van der Waals surface area (Å²) in [6.07, 6.45) is 1.47. The summed E-state index contributed by atoms with van der Waals surface area (Å²) in [7, 11) is -3.64. The first-order valence-electron chi connectivity index (χ1n) is 6.52. The Morgan fingerprint density at radius 1 is 1.53 bits per heavy atom. The number of nitrogens with one attached hydrogen (secondary N) is 1. The summed E-state index contributed by atoms with van der Waals surface area (Å²) in [6, 6.07) is 0. The molecular formula is C11H22N2O5S. The van der Waals surface area contributed by atoms with E-state index in [0.29, 0.717) is 32.2 Å². The maximum Gasteiger partial charge on any atom is 0.307 e. The Bertz CT molecular complexity index is 398. The van der Waals surface area contributed by atoms with Gasteiger partial charge in [-0.15, -0.1) is 0 Å². The van der Waals surface area contributed by atoms with Gasteiger partial charge in [-0.2, -0.15) is 12.7 Å². The molecule has 1 saturated heterocycles. The number of hydrogen-bond acceptors (Lipinski definition) is 4. The molecule has 7 nitrogen and oxygen atoms in total. The first-order valence-corrected chi connectivity index (χ1v) is 7.96. The van der Waals surface area contributed by atoms with Crippen molar-refractivity contribution in [2.75, 3.05) is 19.6 Å². The van der Waals surface area contributed by atoms with Crippen molar-refractivity contribution in [1.82, 2.24) is 9.03 Å². The van der Waals surface area contributed by atoms with Crippen molar-refractivity contribution in [3.8, 4) is 0 Å². The molecular weight excluding hydrogens is 272 g/mol. The predicted octanol–water partition coefficient (Wildman–Crippen LogP) is -0.222. The summed E-state index contributed by atoms with van der Waals surface area (Å²) in [4.78, 5) is 10.9. The molecule has 0 spiro atoms. The lowest BCUT2D eigenvalue weighted by atomic mass is 10.0. The Kier molecular flexibility index (Phi) is 6.18. The van der Waals surface area contributed by atoms with Gasteiger partial charge in [-0.05, 0) is 25.7 Å². The van der Waals surface area contributed by atoms with Crippen molar-refractivity contribution in [3.63, 3.8) is 0 Å². The molecule has 0 bridgehead atoms. The number of hydrogen-bond donors (Lipinski definition) is 3. The Balaban J connectivity index is 2.50. The van der Waals surface area contributed by atoms with Crippen LogP contribution >= 0.6 is 0 Å². The molecule has 0 aliphatic carbocycles. The van der Waals surface area contributed by atoms with E-state index in [0.717, 1.165) is 0 Å². The Hall–Kier alpha value is -0.700. The maximum absolute atomic E-state index is 12.0. The molecule has 1 aliphatic rings. The van der Waals surface area contributed by atoms with Gasteiger partial charge < -0.3 is 10.2 Å². The van der Waals surface area contributed by atoms with Crippen molar-refractivity contribution in [2.24, 2.45) is 5.92 Å². The molecule has 1 rings (SSSR count). The van der Waals surface area contributed by atoms with Crippen molar-refractivity contribution >= 4 is 16.2 Å². The Morgan fingerprint density at radius 3 is 2.79 bits per heavy atom. The number of carbonyl (C=O) groups is 1. The van der Waals surface area contributed by atoms with Gasteiger partial charge in [0, 0.05) is 19.6 Å².